The molecular formula is C21H27ClFN5O4S. The number of H-pyrrole nitrogens is 1. The summed E-state index contributed by atoms with van der Waals surface area (Å²) in [7, 11) is -3.56. The first-order chi connectivity index (χ1) is 15.7. The molecule has 0 bridgehead atoms. The number of carbonyl (C=O) groups is 1. The average Bonchev–Trinajstić information content (AvgIpc) is 3.19. The molecule has 2 aromatic heterocycles. The molecule has 2 aliphatic heterocycles. The molecule has 1 N–H and O–H groups in total. The summed E-state index contributed by atoms with van der Waals surface area (Å²) < 4.78 is 45.6. The average molecular weight is 500 g/mol. The Morgan fingerprint density at radius 1 is 1.30 bits per heavy atom. The van der Waals surface area contributed by atoms with Crippen LogP contribution in [0.1, 0.15) is 31.4 Å². The summed E-state index contributed by atoms with van der Waals surface area (Å²) in [5, 5.41) is 0.306. The van der Waals surface area contributed by atoms with Crippen LogP contribution >= 0.6 is 11.6 Å². The molecule has 0 radical (unpaired) electrons. The zero-order valence-corrected chi connectivity index (χ0v) is 19.9. The molecule has 0 aliphatic carbocycles. The van der Waals surface area contributed by atoms with Gasteiger partial charge >= 0.3 is 0 Å². The van der Waals surface area contributed by atoms with Crippen LogP contribution < -0.4 is 0 Å². The third-order valence-corrected chi connectivity index (χ3v) is 8.35. The van der Waals surface area contributed by atoms with Crippen LogP contribution in [0.3, 0.4) is 0 Å². The Morgan fingerprint density at radius 3 is 2.73 bits per heavy atom. The molecule has 2 saturated heterocycles. The largest absolute Gasteiger partial charge is 0.378 e. The van der Waals surface area contributed by atoms with E-state index in [-0.39, 0.29) is 29.9 Å². The highest BCUT2D eigenvalue weighted by Gasteiger charge is 2.35. The van der Waals surface area contributed by atoms with E-state index in [4.69, 9.17) is 16.3 Å². The molecule has 0 unspecified atom stereocenters. The Morgan fingerprint density at radius 2 is 2.06 bits per heavy atom. The normalized spacial score (nSPS) is 22.5. The van der Waals surface area contributed by atoms with Crippen LogP contribution in [0, 0.1) is 11.7 Å². The van der Waals surface area contributed by atoms with Crippen LogP contribution in [0.4, 0.5) is 4.39 Å². The molecule has 180 valence electrons. The van der Waals surface area contributed by atoms with Crippen molar-refractivity contribution in [2.45, 2.75) is 25.7 Å². The number of imidazole rings is 1. The molecule has 0 saturated carbocycles. The highest BCUT2D eigenvalue weighted by atomic mass is 35.5. The number of piperidine rings is 1. The standard InChI is InChI=1S/C21H27ClFN5O4S/c1-14-13-28(33(30,31)11-5-18(29)27-7-9-32-10-8-27)6-4-16(14)19-20(22)26-21(25-19)17-3-2-15(23)12-24-17/h2-3,12,14,16H,4-11,13H2,1H3,(H,25,26)/t14-,16+/m0/s1. The highest BCUT2D eigenvalue weighted by Crippen LogP contribution is 2.37. The van der Waals surface area contributed by atoms with E-state index in [1.165, 1.54) is 16.4 Å². The summed E-state index contributed by atoms with van der Waals surface area (Å²) >= 11 is 6.38. The number of halogens is 2. The maximum atomic E-state index is 13.2. The number of carbonyl (C=O) groups excluding carboxylic acids is 1. The van der Waals surface area contributed by atoms with Gasteiger partial charge in [-0.05, 0) is 24.5 Å². The van der Waals surface area contributed by atoms with E-state index < -0.39 is 15.8 Å². The van der Waals surface area contributed by atoms with Crippen LogP contribution in [0.5, 0.6) is 0 Å². The Labute approximate surface area is 197 Å². The lowest BCUT2D eigenvalue weighted by Crippen LogP contribution is -2.45. The lowest BCUT2D eigenvalue weighted by molar-refractivity contribution is -0.134. The smallest absolute Gasteiger partial charge is 0.223 e. The molecule has 33 heavy (non-hydrogen) atoms. The van der Waals surface area contributed by atoms with Gasteiger partial charge in [-0.1, -0.05) is 18.5 Å². The summed E-state index contributed by atoms with van der Waals surface area (Å²) in [6, 6.07) is 2.82. The monoisotopic (exact) mass is 499 g/mol. The van der Waals surface area contributed by atoms with E-state index in [0.717, 1.165) is 11.9 Å². The first-order valence-corrected chi connectivity index (χ1v) is 12.9. The number of hydrogen-bond acceptors (Lipinski definition) is 6. The van der Waals surface area contributed by atoms with E-state index in [1.54, 1.807) is 4.90 Å². The first kappa shape index (κ1) is 24.1. The second-order valence-electron chi connectivity index (χ2n) is 8.44. The number of aromatic amines is 1. The van der Waals surface area contributed by atoms with Gasteiger partial charge in [0.25, 0.3) is 0 Å². The molecule has 2 aromatic rings. The van der Waals surface area contributed by atoms with Gasteiger partial charge in [0.15, 0.2) is 11.0 Å². The van der Waals surface area contributed by atoms with Crippen molar-refractivity contribution in [2.75, 3.05) is 45.1 Å². The summed E-state index contributed by atoms with van der Waals surface area (Å²) in [5.41, 5.74) is 1.20. The third-order valence-electron chi connectivity index (χ3n) is 6.23. The van der Waals surface area contributed by atoms with Crippen LogP contribution in [0.2, 0.25) is 5.15 Å². The van der Waals surface area contributed by atoms with Crippen LogP contribution in [0.25, 0.3) is 11.5 Å². The molecular weight excluding hydrogens is 473 g/mol. The minimum atomic E-state index is -3.56. The second kappa shape index (κ2) is 10.0. The van der Waals surface area contributed by atoms with Gasteiger partial charge < -0.3 is 14.6 Å². The number of morpholine rings is 1. The Hall–Kier alpha value is -2.08. The van der Waals surface area contributed by atoms with Crippen LogP contribution in [-0.4, -0.2) is 83.6 Å². The fraction of sp³-hybridized carbons (Fsp3) is 0.571. The topological polar surface area (TPSA) is 108 Å². The molecule has 1 amide bonds. The van der Waals surface area contributed by atoms with Crippen molar-refractivity contribution < 1.29 is 22.3 Å². The molecule has 9 nitrogen and oxygen atoms in total. The number of sulfonamides is 1. The summed E-state index contributed by atoms with van der Waals surface area (Å²) in [6.07, 6.45) is 1.65. The molecule has 4 heterocycles. The SMILES string of the molecule is C[C@H]1CN(S(=O)(=O)CCC(=O)N2CCOCC2)CC[C@H]1c1[nH]c(-c2ccc(F)cn2)nc1Cl. The second-order valence-corrected chi connectivity index (χ2v) is 10.9. The summed E-state index contributed by atoms with van der Waals surface area (Å²) in [4.78, 5) is 25.5. The number of aromatic nitrogens is 3. The zero-order chi connectivity index (χ0) is 23.6. The predicted molar refractivity (Wildman–Crippen MR) is 121 cm³/mol. The Balaban J connectivity index is 1.38. The van der Waals surface area contributed by atoms with Crippen LogP contribution in [0.15, 0.2) is 18.3 Å². The molecule has 12 heteroatoms. The first-order valence-electron chi connectivity index (χ1n) is 11.0. The number of hydrogen-bond donors (Lipinski definition) is 1. The molecule has 2 aliphatic rings. The number of ether oxygens (including phenoxy) is 1. The molecule has 4 rings (SSSR count). The summed E-state index contributed by atoms with van der Waals surface area (Å²) in [6.45, 7) is 4.61. The van der Waals surface area contributed by atoms with Gasteiger partial charge in [0.2, 0.25) is 15.9 Å². The van der Waals surface area contributed by atoms with Crippen molar-refractivity contribution in [2.24, 2.45) is 5.92 Å². The number of nitrogens with one attached hydrogen (secondary N) is 1. The van der Waals surface area contributed by atoms with Crippen molar-refractivity contribution in [3.8, 4) is 11.5 Å². The zero-order valence-electron chi connectivity index (χ0n) is 18.3. The Kier molecular flexibility index (Phi) is 7.32. The number of rotatable bonds is 6. The minimum absolute atomic E-state index is 0.0133. The van der Waals surface area contributed by atoms with Gasteiger partial charge in [-0.3, -0.25) is 4.79 Å². The number of amides is 1. The predicted octanol–water partition coefficient (Wildman–Crippen LogP) is 2.27. The molecule has 2 fully saturated rings. The highest BCUT2D eigenvalue weighted by molar-refractivity contribution is 7.89. The van der Waals surface area contributed by atoms with Crippen molar-refractivity contribution in [1.29, 1.82) is 0 Å². The van der Waals surface area contributed by atoms with Gasteiger partial charge in [0.05, 0.1) is 30.9 Å². The fourth-order valence-corrected chi connectivity index (χ4v) is 6.16. The van der Waals surface area contributed by atoms with Crippen molar-refractivity contribution in [3.05, 3.63) is 35.0 Å². The van der Waals surface area contributed by atoms with E-state index in [0.29, 0.717) is 62.5 Å². The maximum absolute atomic E-state index is 13.2. The van der Waals surface area contributed by atoms with E-state index in [1.807, 2.05) is 6.92 Å². The molecule has 2 atom stereocenters. The van der Waals surface area contributed by atoms with Gasteiger partial charge in [-0.2, -0.15) is 0 Å². The van der Waals surface area contributed by atoms with Crippen molar-refractivity contribution >= 4 is 27.5 Å². The van der Waals surface area contributed by atoms with E-state index in [2.05, 4.69) is 15.0 Å². The van der Waals surface area contributed by atoms with Gasteiger partial charge in [0.1, 0.15) is 11.5 Å². The van der Waals surface area contributed by atoms with Crippen LogP contribution in [-0.2, 0) is 19.6 Å². The molecule has 0 aromatic carbocycles. The van der Waals surface area contributed by atoms with Crippen molar-refractivity contribution in [3.63, 3.8) is 0 Å². The number of pyridine rings is 1. The third kappa shape index (κ3) is 5.53. The minimum Gasteiger partial charge on any atom is -0.378 e. The van der Waals surface area contributed by atoms with E-state index >= 15 is 0 Å². The van der Waals surface area contributed by atoms with Gasteiger partial charge in [-0.25, -0.2) is 27.1 Å². The van der Waals surface area contributed by atoms with Gasteiger partial charge in [-0.15, -0.1) is 0 Å². The quantitative estimate of drug-likeness (QED) is 0.653. The maximum Gasteiger partial charge on any atom is 0.223 e. The fourth-order valence-electron chi connectivity index (χ4n) is 4.35. The van der Waals surface area contributed by atoms with Gasteiger partial charge in [0, 0.05) is 38.5 Å². The lowest BCUT2D eigenvalue weighted by Gasteiger charge is -2.36. The molecule has 0 spiro atoms. The summed E-state index contributed by atoms with van der Waals surface area (Å²) in [5.74, 6) is -0.386. The number of nitrogens with zero attached hydrogens (tertiary/aromatic N) is 4. The Bertz CT molecular complexity index is 1090. The lowest BCUT2D eigenvalue weighted by atomic mass is 9.86. The van der Waals surface area contributed by atoms with Crippen molar-refractivity contribution in [1.82, 2.24) is 24.2 Å². The van der Waals surface area contributed by atoms with E-state index in [9.17, 15) is 17.6 Å².